The molecule has 1 aromatic carbocycles. The van der Waals surface area contributed by atoms with Crippen molar-refractivity contribution >= 4 is 17.6 Å². The monoisotopic (exact) mass is 377 g/mol. The molecule has 2 rings (SSSR count). The Morgan fingerprint density at radius 2 is 1.93 bits per heavy atom. The Morgan fingerprint density at radius 1 is 1.26 bits per heavy atom. The molecular formula is C21H31NO5. The Bertz CT molecular complexity index is 665. The highest BCUT2D eigenvalue weighted by atomic mass is 16.5. The quantitative estimate of drug-likeness (QED) is 0.722. The molecule has 0 spiro atoms. The number of amides is 1. The van der Waals surface area contributed by atoms with E-state index in [0.717, 1.165) is 19.3 Å². The summed E-state index contributed by atoms with van der Waals surface area (Å²) in [7, 11) is 2.91. The lowest BCUT2D eigenvalue weighted by Crippen LogP contribution is -2.47. The number of anilines is 1. The summed E-state index contributed by atoms with van der Waals surface area (Å²) in [4.78, 5) is 25.1. The van der Waals surface area contributed by atoms with E-state index in [4.69, 9.17) is 14.2 Å². The van der Waals surface area contributed by atoms with Gasteiger partial charge in [-0.25, -0.2) is 4.79 Å². The van der Waals surface area contributed by atoms with Crippen molar-refractivity contribution in [1.82, 2.24) is 0 Å². The third kappa shape index (κ3) is 5.01. The topological polar surface area (TPSA) is 73.9 Å². The number of rotatable bonds is 7. The first-order valence-electron chi connectivity index (χ1n) is 9.60. The van der Waals surface area contributed by atoms with Crippen LogP contribution in [0.3, 0.4) is 0 Å². The van der Waals surface area contributed by atoms with Crippen LogP contribution >= 0.6 is 0 Å². The molecule has 6 heteroatoms. The Hall–Kier alpha value is -2.08. The van der Waals surface area contributed by atoms with Crippen LogP contribution < -0.4 is 10.1 Å². The SMILES string of the molecule is CCC(C)Oc1ccc(NC(=O)C2(OC)CCC(C)CC2)cc1C(=O)OC. The highest BCUT2D eigenvalue weighted by molar-refractivity contribution is 5.99. The van der Waals surface area contributed by atoms with Crippen LogP contribution in [-0.2, 0) is 14.3 Å². The van der Waals surface area contributed by atoms with Gasteiger partial charge in [0, 0.05) is 12.8 Å². The zero-order valence-electron chi connectivity index (χ0n) is 17.0. The van der Waals surface area contributed by atoms with E-state index < -0.39 is 11.6 Å². The van der Waals surface area contributed by atoms with Gasteiger partial charge in [0.25, 0.3) is 5.91 Å². The standard InChI is InChI=1S/C21H31NO5/c1-6-15(3)27-18-8-7-16(13-17(18)19(23)25-4)22-20(24)21(26-5)11-9-14(2)10-12-21/h7-8,13-15H,6,9-12H2,1-5H3,(H,22,24). The van der Waals surface area contributed by atoms with Crippen LogP contribution in [0.25, 0.3) is 0 Å². The molecule has 1 aromatic rings. The van der Waals surface area contributed by atoms with E-state index in [1.54, 1.807) is 25.3 Å². The number of carbonyl (C=O) groups excluding carboxylic acids is 2. The van der Waals surface area contributed by atoms with Gasteiger partial charge in [0.05, 0.1) is 13.2 Å². The Labute approximate surface area is 161 Å². The predicted molar refractivity (Wildman–Crippen MR) is 104 cm³/mol. The molecule has 0 radical (unpaired) electrons. The van der Waals surface area contributed by atoms with Crippen LogP contribution in [0, 0.1) is 5.92 Å². The average Bonchev–Trinajstić information content (AvgIpc) is 2.69. The van der Waals surface area contributed by atoms with Crippen molar-refractivity contribution in [3.63, 3.8) is 0 Å². The van der Waals surface area contributed by atoms with Crippen molar-refractivity contribution in [2.24, 2.45) is 5.92 Å². The van der Waals surface area contributed by atoms with E-state index in [2.05, 4.69) is 12.2 Å². The van der Waals surface area contributed by atoms with Crippen LogP contribution in [0.2, 0.25) is 0 Å². The summed E-state index contributed by atoms with van der Waals surface area (Å²) in [5, 5.41) is 2.90. The van der Waals surface area contributed by atoms with E-state index in [-0.39, 0.29) is 12.0 Å². The number of esters is 1. The van der Waals surface area contributed by atoms with Gasteiger partial charge in [-0.1, -0.05) is 13.8 Å². The van der Waals surface area contributed by atoms with Crippen LogP contribution in [0.15, 0.2) is 18.2 Å². The van der Waals surface area contributed by atoms with Crippen LogP contribution in [0.4, 0.5) is 5.69 Å². The van der Waals surface area contributed by atoms with E-state index in [9.17, 15) is 9.59 Å². The molecule has 0 heterocycles. The van der Waals surface area contributed by atoms with Crippen molar-refractivity contribution in [3.8, 4) is 5.75 Å². The summed E-state index contributed by atoms with van der Waals surface area (Å²) < 4.78 is 16.3. The van der Waals surface area contributed by atoms with Crippen LogP contribution in [0.5, 0.6) is 5.75 Å². The lowest BCUT2D eigenvalue weighted by molar-refractivity contribution is -0.142. The number of benzene rings is 1. The van der Waals surface area contributed by atoms with E-state index in [1.807, 2.05) is 13.8 Å². The molecule has 1 unspecified atom stereocenters. The second-order valence-electron chi connectivity index (χ2n) is 7.37. The molecule has 1 atom stereocenters. The normalized spacial score (nSPS) is 23.4. The summed E-state index contributed by atoms with van der Waals surface area (Å²) in [6, 6.07) is 5.02. The summed E-state index contributed by atoms with van der Waals surface area (Å²) in [6.07, 6.45) is 4.07. The molecule has 1 N–H and O–H groups in total. The van der Waals surface area contributed by atoms with E-state index in [0.29, 0.717) is 35.8 Å². The van der Waals surface area contributed by atoms with E-state index >= 15 is 0 Å². The second kappa shape index (κ2) is 9.22. The summed E-state index contributed by atoms with van der Waals surface area (Å²) in [5.41, 5.74) is -0.00427. The maximum atomic E-state index is 12.9. The van der Waals surface area contributed by atoms with Crippen molar-refractivity contribution in [2.45, 2.75) is 64.6 Å². The number of nitrogens with one attached hydrogen (secondary N) is 1. The van der Waals surface area contributed by atoms with Crippen molar-refractivity contribution in [2.75, 3.05) is 19.5 Å². The molecule has 1 amide bonds. The predicted octanol–water partition coefficient (Wildman–Crippen LogP) is 4.18. The fraction of sp³-hybridized carbons (Fsp3) is 0.619. The van der Waals surface area contributed by atoms with Gasteiger partial charge in [0.2, 0.25) is 0 Å². The molecule has 150 valence electrons. The van der Waals surface area contributed by atoms with Gasteiger partial charge >= 0.3 is 5.97 Å². The van der Waals surface area contributed by atoms with Gasteiger partial charge in [0.15, 0.2) is 0 Å². The molecule has 1 saturated carbocycles. The maximum absolute atomic E-state index is 12.9. The largest absolute Gasteiger partial charge is 0.490 e. The van der Waals surface area contributed by atoms with Gasteiger partial charge in [-0.15, -0.1) is 0 Å². The maximum Gasteiger partial charge on any atom is 0.341 e. The number of hydrogen-bond donors (Lipinski definition) is 1. The fourth-order valence-corrected chi connectivity index (χ4v) is 3.28. The molecule has 0 aromatic heterocycles. The minimum atomic E-state index is -0.816. The molecular weight excluding hydrogens is 346 g/mol. The van der Waals surface area contributed by atoms with E-state index in [1.165, 1.54) is 7.11 Å². The number of ether oxygens (including phenoxy) is 3. The van der Waals surface area contributed by atoms with Gasteiger partial charge < -0.3 is 19.5 Å². The van der Waals surface area contributed by atoms with Crippen molar-refractivity contribution in [3.05, 3.63) is 23.8 Å². The molecule has 1 fully saturated rings. The zero-order chi connectivity index (χ0) is 20.0. The Morgan fingerprint density at radius 3 is 2.48 bits per heavy atom. The first-order valence-corrected chi connectivity index (χ1v) is 9.60. The number of hydrogen-bond acceptors (Lipinski definition) is 5. The first kappa shape index (κ1) is 21.2. The van der Waals surface area contributed by atoms with Gasteiger partial charge in [-0.2, -0.15) is 0 Å². The number of carbonyl (C=O) groups is 2. The zero-order valence-corrected chi connectivity index (χ0v) is 17.0. The highest BCUT2D eigenvalue weighted by Crippen LogP contribution is 2.35. The van der Waals surface area contributed by atoms with Gasteiger partial charge in [0.1, 0.15) is 16.9 Å². The average molecular weight is 377 g/mol. The molecule has 6 nitrogen and oxygen atoms in total. The smallest absolute Gasteiger partial charge is 0.341 e. The highest BCUT2D eigenvalue weighted by Gasteiger charge is 2.41. The molecule has 27 heavy (non-hydrogen) atoms. The van der Waals surface area contributed by atoms with Gasteiger partial charge in [-0.05, 0) is 63.1 Å². The molecule has 0 saturated heterocycles. The molecule has 1 aliphatic rings. The Kier molecular flexibility index (Phi) is 7.25. The molecule has 1 aliphatic carbocycles. The molecule has 0 aliphatic heterocycles. The summed E-state index contributed by atoms with van der Waals surface area (Å²) in [6.45, 7) is 6.13. The minimum absolute atomic E-state index is 0.0326. The Balaban J connectivity index is 2.22. The lowest BCUT2D eigenvalue weighted by Gasteiger charge is -2.36. The third-order valence-electron chi connectivity index (χ3n) is 5.43. The van der Waals surface area contributed by atoms with Crippen LogP contribution in [0.1, 0.15) is 63.2 Å². The molecule has 0 bridgehead atoms. The second-order valence-corrected chi connectivity index (χ2v) is 7.37. The van der Waals surface area contributed by atoms with Gasteiger partial charge in [-0.3, -0.25) is 4.79 Å². The third-order valence-corrected chi connectivity index (χ3v) is 5.43. The fourth-order valence-electron chi connectivity index (χ4n) is 3.28. The van der Waals surface area contributed by atoms with Crippen molar-refractivity contribution < 1.29 is 23.8 Å². The minimum Gasteiger partial charge on any atom is -0.490 e. The summed E-state index contributed by atoms with van der Waals surface area (Å²) >= 11 is 0. The van der Waals surface area contributed by atoms with Crippen molar-refractivity contribution in [1.29, 1.82) is 0 Å². The van der Waals surface area contributed by atoms with Crippen LogP contribution in [-0.4, -0.2) is 37.8 Å². The first-order chi connectivity index (χ1) is 12.8. The lowest BCUT2D eigenvalue weighted by atomic mass is 9.79. The summed E-state index contributed by atoms with van der Waals surface area (Å²) in [5.74, 6) is 0.367. The number of methoxy groups -OCH3 is 2.